The number of hydrogen-bond donors (Lipinski definition) is 3. The minimum atomic E-state index is -0.588. The van der Waals surface area contributed by atoms with Crippen molar-refractivity contribution in [2.24, 2.45) is 0 Å². The normalized spacial score (nSPS) is 10.9. The quantitative estimate of drug-likeness (QED) is 0.492. The molecule has 8 heteroatoms. The topological polar surface area (TPSA) is 101 Å². The molecule has 0 unspecified atom stereocenters. The summed E-state index contributed by atoms with van der Waals surface area (Å²) in [6, 6.07) is 18.0. The van der Waals surface area contributed by atoms with Gasteiger partial charge in [0.25, 0.3) is 5.91 Å². The number of benzene rings is 2. The Hall–Kier alpha value is -4.07. The monoisotopic (exact) mass is 448 g/mol. The number of aromatic nitrogens is 1. The molecule has 0 saturated carbocycles. The van der Waals surface area contributed by atoms with Crippen LogP contribution in [0.5, 0.6) is 0 Å². The van der Waals surface area contributed by atoms with Gasteiger partial charge >= 0.3 is 6.09 Å². The Labute approximate surface area is 192 Å². The van der Waals surface area contributed by atoms with Gasteiger partial charge in [-0.1, -0.05) is 0 Å². The van der Waals surface area contributed by atoms with Crippen molar-refractivity contribution in [1.29, 1.82) is 0 Å². The predicted octanol–water partition coefficient (Wildman–Crippen LogP) is 4.58. The molecule has 8 nitrogen and oxygen atoms in total. The summed E-state index contributed by atoms with van der Waals surface area (Å²) in [6.07, 6.45) is 3.42. The second-order valence-electron chi connectivity index (χ2n) is 8.40. The third-order valence-corrected chi connectivity index (χ3v) is 4.48. The number of amides is 3. The molecule has 1 heterocycles. The highest BCUT2D eigenvalue weighted by atomic mass is 16.6. The summed E-state index contributed by atoms with van der Waals surface area (Å²) < 4.78 is 7.08. The lowest BCUT2D eigenvalue weighted by Crippen LogP contribution is -2.34. The van der Waals surface area contributed by atoms with Gasteiger partial charge in [0.1, 0.15) is 5.60 Å². The molecule has 0 bridgehead atoms. The number of ether oxygens (including phenoxy) is 1. The van der Waals surface area contributed by atoms with Gasteiger partial charge in [-0.15, -0.1) is 0 Å². The molecule has 2 aromatic carbocycles. The Morgan fingerprint density at radius 1 is 0.848 bits per heavy atom. The van der Waals surface area contributed by atoms with Crippen molar-refractivity contribution in [1.82, 2.24) is 9.88 Å². The number of anilines is 2. The van der Waals surface area contributed by atoms with Gasteiger partial charge in [0.2, 0.25) is 5.91 Å². The van der Waals surface area contributed by atoms with Crippen LogP contribution < -0.4 is 16.0 Å². The highest BCUT2D eigenvalue weighted by Gasteiger charge is 2.16. The van der Waals surface area contributed by atoms with Crippen molar-refractivity contribution < 1.29 is 19.1 Å². The summed E-state index contributed by atoms with van der Waals surface area (Å²) in [7, 11) is 0. The van der Waals surface area contributed by atoms with Crippen LogP contribution in [-0.2, 0) is 9.53 Å². The third-order valence-electron chi connectivity index (χ3n) is 4.48. The molecule has 3 rings (SSSR count). The van der Waals surface area contributed by atoms with E-state index in [-0.39, 0.29) is 24.8 Å². The van der Waals surface area contributed by atoms with Crippen LogP contribution in [0.3, 0.4) is 0 Å². The van der Waals surface area contributed by atoms with E-state index in [0.717, 1.165) is 5.69 Å². The summed E-state index contributed by atoms with van der Waals surface area (Å²) in [6.45, 7) is 5.47. The molecule has 3 aromatic rings. The molecule has 0 aliphatic carbocycles. The van der Waals surface area contributed by atoms with Gasteiger partial charge in [-0.3, -0.25) is 9.59 Å². The lowest BCUT2D eigenvalue weighted by molar-refractivity contribution is -0.116. The van der Waals surface area contributed by atoms with E-state index in [0.29, 0.717) is 16.9 Å². The molecule has 33 heavy (non-hydrogen) atoms. The number of carbonyl (C=O) groups is 3. The van der Waals surface area contributed by atoms with E-state index in [4.69, 9.17) is 4.74 Å². The van der Waals surface area contributed by atoms with Crippen molar-refractivity contribution in [2.75, 3.05) is 17.2 Å². The van der Waals surface area contributed by atoms with Crippen LogP contribution in [0, 0.1) is 0 Å². The van der Waals surface area contributed by atoms with E-state index in [1.165, 1.54) is 0 Å². The molecule has 0 radical (unpaired) electrons. The van der Waals surface area contributed by atoms with Gasteiger partial charge < -0.3 is 25.3 Å². The smallest absolute Gasteiger partial charge is 0.407 e. The second kappa shape index (κ2) is 10.5. The predicted molar refractivity (Wildman–Crippen MR) is 128 cm³/mol. The van der Waals surface area contributed by atoms with Crippen molar-refractivity contribution in [3.63, 3.8) is 0 Å². The van der Waals surface area contributed by atoms with Gasteiger partial charge in [0.05, 0.1) is 0 Å². The lowest BCUT2D eigenvalue weighted by Gasteiger charge is -2.19. The Morgan fingerprint density at radius 2 is 1.42 bits per heavy atom. The van der Waals surface area contributed by atoms with Crippen LogP contribution in [0.2, 0.25) is 0 Å². The molecule has 3 N–H and O–H groups in total. The molecule has 172 valence electrons. The standard InChI is InChI=1S/C25H28N4O4/c1-25(2,3)33-24(32)26-15-14-22(30)27-19-8-10-20(11-9-19)28-23(31)18-6-12-21(13-7-18)29-16-4-5-17-29/h4-13,16-17H,14-15H2,1-3H3,(H,26,32)(H,27,30)(H,28,31). The van der Waals surface area contributed by atoms with Gasteiger partial charge in [-0.25, -0.2) is 4.79 Å². The first-order chi connectivity index (χ1) is 15.7. The first kappa shape index (κ1) is 23.6. The van der Waals surface area contributed by atoms with E-state index in [9.17, 15) is 14.4 Å². The maximum Gasteiger partial charge on any atom is 0.407 e. The first-order valence-corrected chi connectivity index (χ1v) is 10.6. The number of hydrogen-bond acceptors (Lipinski definition) is 4. The SMILES string of the molecule is CC(C)(C)OC(=O)NCCC(=O)Nc1ccc(NC(=O)c2ccc(-n3cccc3)cc2)cc1. The fraction of sp³-hybridized carbons (Fsp3) is 0.240. The van der Waals surface area contributed by atoms with E-state index in [2.05, 4.69) is 16.0 Å². The Morgan fingerprint density at radius 3 is 2.00 bits per heavy atom. The van der Waals surface area contributed by atoms with Crippen LogP contribution >= 0.6 is 0 Å². The van der Waals surface area contributed by atoms with Gasteiger partial charge in [-0.05, 0) is 81.4 Å². The highest BCUT2D eigenvalue weighted by Crippen LogP contribution is 2.16. The molecular weight excluding hydrogens is 420 g/mol. The number of carbonyl (C=O) groups excluding carboxylic acids is 3. The van der Waals surface area contributed by atoms with Crippen LogP contribution in [-0.4, -0.2) is 34.6 Å². The molecule has 0 aliphatic rings. The van der Waals surface area contributed by atoms with Crippen LogP contribution in [0.15, 0.2) is 73.1 Å². The summed E-state index contributed by atoms with van der Waals surface area (Å²) in [5.41, 5.74) is 2.12. The summed E-state index contributed by atoms with van der Waals surface area (Å²) in [5.74, 6) is -0.468. The van der Waals surface area contributed by atoms with E-state index < -0.39 is 11.7 Å². The van der Waals surface area contributed by atoms with Crippen molar-refractivity contribution in [2.45, 2.75) is 32.8 Å². The average Bonchev–Trinajstić information content (AvgIpc) is 3.29. The van der Waals surface area contributed by atoms with Crippen molar-refractivity contribution in [3.8, 4) is 5.69 Å². The average molecular weight is 449 g/mol. The minimum Gasteiger partial charge on any atom is -0.444 e. The molecule has 0 fully saturated rings. The number of rotatable bonds is 7. The van der Waals surface area contributed by atoms with Crippen LogP contribution in [0.4, 0.5) is 16.2 Å². The molecule has 3 amide bonds. The van der Waals surface area contributed by atoms with Crippen LogP contribution in [0.1, 0.15) is 37.6 Å². The summed E-state index contributed by atoms with van der Waals surface area (Å²) >= 11 is 0. The zero-order valence-electron chi connectivity index (χ0n) is 18.9. The molecule has 0 saturated heterocycles. The number of alkyl carbamates (subject to hydrolysis) is 1. The number of nitrogens with zero attached hydrogens (tertiary/aromatic N) is 1. The molecular formula is C25H28N4O4. The maximum atomic E-state index is 12.5. The van der Waals surface area contributed by atoms with Crippen molar-refractivity contribution >= 4 is 29.3 Å². The van der Waals surface area contributed by atoms with Gasteiger partial charge in [0.15, 0.2) is 0 Å². The van der Waals surface area contributed by atoms with E-state index >= 15 is 0 Å². The summed E-state index contributed by atoms with van der Waals surface area (Å²) in [5, 5.41) is 8.13. The molecule has 0 atom stereocenters. The Bertz CT molecular complexity index is 1080. The fourth-order valence-electron chi connectivity index (χ4n) is 2.95. The maximum absolute atomic E-state index is 12.5. The zero-order valence-corrected chi connectivity index (χ0v) is 18.9. The van der Waals surface area contributed by atoms with Crippen LogP contribution in [0.25, 0.3) is 5.69 Å². The number of nitrogens with one attached hydrogen (secondary N) is 3. The molecule has 0 spiro atoms. The minimum absolute atomic E-state index is 0.108. The largest absolute Gasteiger partial charge is 0.444 e. The Kier molecular flexibility index (Phi) is 7.50. The fourth-order valence-corrected chi connectivity index (χ4v) is 2.95. The highest BCUT2D eigenvalue weighted by molar-refractivity contribution is 6.04. The van der Waals surface area contributed by atoms with E-state index in [1.54, 1.807) is 57.2 Å². The zero-order chi connectivity index (χ0) is 23.8. The van der Waals surface area contributed by atoms with Gasteiger partial charge in [-0.2, -0.15) is 0 Å². The lowest BCUT2D eigenvalue weighted by atomic mass is 10.2. The summed E-state index contributed by atoms with van der Waals surface area (Å²) in [4.78, 5) is 36.2. The van der Waals surface area contributed by atoms with Crippen molar-refractivity contribution in [3.05, 3.63) is 78.6 Å². The second-order valence-corrected chi connectivity index (χ2v) is 8.40. The Balaban J connectivity index is 1.45. The van der Waals surface area contributed by atoms with E-state index in [1.807, 2.05) is 41.2 Å². The molecule has 0 aliphatic heterocycles. The first-order valence-electron chi connectivity index (χ1n) is 10.6. The van der Waals surface area contributed by atoms with Gasteiger partial charge in [0, 0.05) is 48.0 Å². The molecule has 1 aromatic heterocycles. The third kappa shape index (κ3) is 7.53.